The first-order chi connectivity index (χ1) is 4.75. The summed E-state index contributed by atoms with van der Waals surface area (Å²) in [6, 6.07) is 0.360. The Morgan fingerprint density at radius 3 is 2.60 bits per heavy atom. The van der Waals surface area contributed by atoms with Gasteiger partial charge in [0.15, 0.2) is 0 Å². The van der Waals surface area contributed by atoms with Crippen LogP contribution in [0.2, 0.25) is 0 Å². The van der Waals surface area contributed by atoms with E-state index < -0.39 is 0 Å². The Morgan fingerprint density at radius 1 is 1.40 bits per heavy atom. The average molecular weight is 143 g/mol. The molecule has 60 valence electrons. The van der Waals surface area contributed by atoms with E-state index in [1.807, 2.05) is 0 Å². The van der Waals surface area contributed by atoms with Crippen molar-refractivity contribution < 1.29 is 4.74 Å². The zero-order valence-corrected chi connectivity index (χ0v) is 6.84. The monoisotopic (exact) mass is 143 g/mol. The highest BCUT2D eigenvalue weighted by molar-refractivity contribution is 4.81. The highest BCUT2D eigenvalue weighted by atomic mass is 16.5. The number of rotatable bonds is 1. The molecule has 2 N–H and O–H groups in total. The summed E-state index contributed by atoms with van der Waals surface area (Å²) in [4.78, 5) is 0. The number of methoxy groups -OCH3 is 1. The molecule has 0 spiro atoms. The van der Waals surface area contributed by atoms with Gasteiger partial charge in [0.25, 0.3) is 0 Å². The summed E-state index contributed by atoms with van der Waals surface area (Å²) in [6.07, 6.45) is 3.99. The second kappa shape index (κ2) is 3.35. The van der Waals surface area contributed by atoms with Crippen molar-refractivity contribution in [1.29, 1.82) is 0 Å². The van der Waals surface area contributed by atoms with Crippen molar-refractivity contribution in [1.82, 2.24) is 0 Å². The Hall–Kier alpha value is -0.0800. The second-order valence-corrected chi connectivity index (χ2v) is 3.23. The van der Waals surface area contributed by atoms with E-state index in [2.05, 4.69) is 6.92 Å². The SMILES string of the molecule is CO[C@@H]1CCC[C@H](N)[C@@H]1C. The van der Waals surface area contributed by atoms with Gasteiger partial charge in [0.1, 0.15) is 0 Å². The van der Waals surface area contributed by atoms with Crippen LogP contribution >= 0.6 is 0 Å². The lowest BCUT2D eigenvalue weighted by molar-refractivity contribution is 0.0221. The van der Waals surface area contributed by atoms with Crippen molar-refractivity contribution in [2.45, 2.75) is 38.3 Å². The zero-order chi connectivity index (χ0) is 7.56. The lowest BCUT2D eigenvalue weighted by Gasteiger charge is -2.32. The summed E-state index contributed by atoms with van der Waals surface area (Å²) < 4.78 is 5.29. The average Bonchev–Trinajstić information content (AvgIpc) is 1.95. The van der Waals surface area contributed by atoms with E-state index in [0.717, 1.165) is 0 Å². The van der Waals surface area contributed by atoms with Crippen molar-refractivity contribution in [3.63, 3.8) is 0 Å². The van der Waals surface area contributed by atoms with Gasteiger partial charge in [-0.1, -0.05) is 6.92 Å². The molecule has 1 aliphatic rings. The fraction of sp³-hybridized carbons (Fsp3) is 1.00. The van der Waals surface area contributed by atoms with Crippen LogP contribution in [0.15, 0.2) is 0 Å². The van der Waals surface area contributed by atoms with Crippen LogP contribution in [0.25, 0.3) is 0 Å². The summed E-state index contributed by atoms with van der Waals surface area (Å²) in [5.74, 6) is 0.541. The van der Waals surface area contributed by atoms with Crippen LogP contribution in [0.5, 0.6) is 0 Å². The van der Waals surface area contributed by atoms with Gasteiger partial charge in [-0.2, -0.15) is 0 Å². The minimum atomic E-state index is 0.360. The normalized spacial score (nSPS) is 41.7. The molecule has 0 aromatic rings. The third-order valence-electron chi connectivity index (χ3n) is 2.59. The fourth-order valence-electron chi connectivity index (χ4n) is 1.69. The maximum absolute atomic E-state index is 5.86. The Labute approximate surface area is 62.7 Å². The van der Waals surface area contributed by atoms with Crippen molar-refractivity contribution in [2.75, 3.05) is 7.11 Å². The first-order valence-electron chi connectivity index (χ1n) is 4.04. The van der Waals surface area contributed by atoms with Crippen LogP contribution in [-0.2, 0) is 4.74 Å². The highest BCUT2D eigenvalue weighted by Gasteiger charge is 2.26. The molecule has 0 radical (unpaired) electrons. The first-order valence-corrected chi connectivity index (χ1v) is 4.04. The van der Waals surface area contributed by atoms with Crippen LogP contribution in [0, 0.1) is 5.92 Å². The van der Waals surface area contributed by atoms with E-state index in [4.69, 9.17) is 10.5 Å². The molecular formula is C8H17NO. The first kappa shape index (κ1) is 8.02. The van der Waals surface area contributed by atoms with Crippen LogP contribution in [0.3, 0.4) is 0 Å². The van der Waals surface area contributed by atoms with E-state index in [0.29, 0.717) is 18.1 Å². The molecule has 0 heterocycles. The van der Waals surface area contributed by atoms with Gasteiger partial charge in [0.05, 0.1) is 6.10 Å². The quantitative estimate of drug-likeness (QED) is 0.597. The smallest absolute Gasteiger partial charge is 0.0611 e. The molecule has 0 unspecified atom stereocenters. The van der Waals surface area contributed by atoms with Gasteiger partial charge in [-0.25, -0.2) is 0 Å². The van der Waals surface area contributed by atoms with Crippen molar-refractivity contribution in [3.8, 4) is 0 Å². The minimum Gasteiger partial charge on any atom is -0.381 e. The van der Waals surface area contributed by atoms with Crippen LogP contribution in [0.4, 0.5) is 0 Å². The third-order valence-corrected chi connectivity index (χ3v) is 2.59. The number of hydrogen-bond donors (Lipinski definition) is 1. The predicted molar refractivity (Wildman–Crippen MR) is 41.8 cm³/mol. The highest BCUT2D eigenvalue weighted by Crippen LogP contribution is 2.24. The Morgan fingerprint density at radius 2 is 2.10 bits per heavy atom. The molecule has 3 atom stereocenters. The summed E-state index contributed by atoms with van der Waals surface area (Å²) in [6.45, 7) is 2.18. The number of ether oxygens (including phenoxy) is 1. The van der Waals surface area contributed by atoms with Gasteiger partial charge >= 0.3 is 0 Å². The molecule has 1 fully saturated rings. The van der Waals surface area contributed by atoms with Gasteiger partial charge in [0, 0.05) is 13.2 Å². The maximum Gasteiger partial charge on any atom is 0.0611 e. The molecule has 1 saturated carbocycles. The molecule has 0 bridgehead atoms. The lowest BCUT2D eigenvalue weighted by Crippen LogP contribution is -2.40. The molecule has 2 heteroatoms. The molecule has 10 heavy (non-hydrogen) atoms. The maximum atomic E-state index is 5.86. The van der Waals surface area contributed by atoms with Crippen molar-refractivity contribution >= 4 is 0 Å². The molecule has 2 nitrogen and oxygen atoms in total. The fourth-order valence-corrected chi connectivity index (χ4v) is 1.69. The van der Waals surface area contributed by atoms with E-state index in [-0.39, 0.29) is 0 Å². The Bertz CT molecular complexity index is 105. The Kier molecular flexibility index (Phi) is 2.69. The molecule has 0 aliphatic heterocycles. The van der Waals surface area contributed by atoms with E-state index in [9.17, 15) is 0 Å². The minimum absolute atomic E-state index is 0.360. The lowest BCUT2D eigenvalue weighted by atomic mass is 9.84. The van der Waals surface area contributed by atoms with Gasteiger partial charge in [-0.05, 0) is 25.2 Å². The molecular weight excluding hydrogens is 126 g/mol. The standard InChI is InChI=1S/C8H17NO/c1-6-7(9)4-3-5-8(6)10-2/h6-8H,3-5,9H2,1-2H3/t6-,7-,8+/m0/s1. The molecule has 0 aromatic carbocycles. The largest absolute Gasteiger partial charge is 0.381 e. The third kappa shape index (κ3) is 1.50. The summed E-state index contributed by atoms with van der Waals surface area (Å²) in [5, 5.41) is 0. The van der Waals surface area contributed by atoms with Gasteiger partial charge in [0.2, 0.25) is 0 Å². The molecule has 0 saturated heterocycles. The van der Waals surface area contributed by atoms with Gasteiger partial charge in [-0.3, -0.25) is 0 Å². The van der Waals surface area contributed by atoms with Crippen LogP contribution in [-0.4, -0.2) is 19.3 Å². The Balaban J connectivity index is 2.42. The predicted octanol–water partition coefficient (Wildman–Crippen LogP) is 1.15. The van der Waals surface area contributed by atoms with Crippen LogP contribution in [0.1, 0.15) is 26.2 Å². The van der Waals surface area contributed by atoms with Gasteiger partial charge < -0.3 is 10.5 Å². The molecule has 0 amide bonds. The van der Waals surface area contributed by atoms with E-state index in [1.165, 1.54) is 19.3 Å². The zero-order valence-electron chi connectivity index (χ0n) is 6.84. The molecule has 1 rings (SSSR count). The van der Waals surface area contributed by atoms with Crippen molar-refractivity contribution in [2.24, 2.45) is 11.7 Å². The van der Waals surface area contributed by atoms with Crippen LogP contribution < -0.4 is 5.73 Å². The number of nitrogens with two attached hydrogens (primary N) is 1. The summed E-state index contributed by atoms with van der Waals surface area (Å²) >= 11 is 0. The summed E-state index contributed by atoms with van der Waals surface area (Å²) in [5.41, 5.74) is 5.86. The van der Waals surface area contributed by atoms with Gasteiger partial charge in [-0.15, -0.1) is 0 Å². The number of hydrogen-bond acceptors (Lipinski definition) is 2. The molecule has 1 aliphatic carbocycles. The summed E-state index contributed by atoms with van der Waals surface area (Å²) in [7, 11) is 1.78. The topological polar surface area (TPSA) is 35.2 Å². The van der Waals surface area contributed by atoms with Crippen molar-refractivity contribution in [3.05, 3.63) is 0 Å². The molecule has 0 aromatic heterocycles. The van der Waals surface area contributed by atoms with E-state index in [1.54, 1.807) is 7.11 Å². The second-order valence-electron chi connectivity index (χ2n) is 3.23. The van der Waals surface area contributed by atoms with E-state index >= 15 is 0 Å².